The zero-order chi connectivity index (χ0) is 20.2. The van der Waals surface area contributed by atoms with Crippen LogP contribution < -0.4 is 4.67 Å². The van der Waals surface area contributed by atoms with E-state index in [9.17, 15) is 9.59 Å². The minimum Gasteiger partial charge on any atom is -0.378 e. The molecule has 1 saturated heterocycles. The molecule has 0 unspecified atom stereocenters. The minimum absolute atomic E-state index is 0.129. The second-order valence-corrected chi connectivity index (χ2v) is 7.51. The summed E-state index contributed by atoms with van der Waals surface area (Å²) in [5.74, 6) is -0.768. The maximum atomic E-state index is 13.0. The second-order valence-electron chi connectivity index (χ2n) is 6.16. The van der Waals surface area contributed by atoms with Crippen LogP contribution in [0.2, 0.25) is 5.02 Å². The number of carbonyl (C=O) groups excluding carboxylic acids is 2. The quantitative estimate of drug-likeness (QED) is 0.636. The van der Waals surface area contributed by atoms with Crippen molar-refractivity contribution in [1.82, 2.24) is 19.1 Å². The van der Waals surface area contributed by atoms with Gasteiger partial charge >= 0.3 is 0 Å². The van der Waals surface area contributed by atoms with Gasteiger partial charge in [-0.05, 0) is 47.9 Å². The fourth-order valence-corrected chi connectivity index (χ4v) is 3.71. The van der Waals surface area contributed by atoms with Gasteiger partial charge in [-0.2, -0.15) is 9.06 Å². The first-order chi connectivity index (χ1) is 14.1. The third-order valence-electron chi connectivity index (χ3n) is 4.23. The molecule has 0 saturated carbocycles. The fraction of sp³-hybridized carbons (Fsp3) is 0.211. The van der Waals surface area contributed by atoms with Gasteiger partial charge in [0.1, 0.15) is 0 Å². The van der Waals surface area contributed by atoms with Crippen molar-refractivity contribution in [3.63, 3.8) is 0 Å². The summed E-state index contributed by atoms with van der Waals surface area (Å²) >= 11 is 7.07. The third kappa shape index (κ3) is 4.42. The zero-order valence-electron chi connectivity index (χ0n) is 15.2. The van der Waals surface area contributed by atoms with Gasteiger partial charge in [-0.25, -0.2) is 0 Å². The van der Waals surface area contributed by atoms with Crippen LogP contribution in [0.4, 0.5) is 0 Å². The van der Waals surface area contributed by atoms with Gasteiger partial charge < -0.3 is 9.64 Å². The van der Waals surface area contributed by atoms with Crippen molar-refractivity contribution < 1.29 is 14.3 Å². The highest BCUT2D eigenvalue weighted by atomic mass is 35.5. The molecule has 0 spiro atoms. The molecular weight excluding hydrogens is 414 g/mol. The second kappa shape index (κ2) is 8.64. The molecule has 10 heteroatoms. The molecule has 148 valence electrons. The number of aromatic nitrogens is 3. The van der Waals surface area contributed by atoms with Gasteiger partial charge in [0.25, 0.3) is 11.8 Å². The molecule has 29 heavy (non-hydrogen) atoms. The van der Waals surface area contributed by atoms with Crippen LogP contribution in [0.5, 0.6) is 0 Å². The lowest BCUT2D eigenvalue weighted by Gasteiger charge is -2.25. The minimum atomic E-state index is -0.485. The molecule has 2 amide bonds. The number of hydrogen-bond acceptors (Lipinski definition) is 6. The Morgan fingerprint density at radius 1 is 1.14 bits per heavy atom. The Labute approximate surface area is 175 Å². The number of rotatable bonds is 3. The van der Waals surface area contributed by atoms with E-state index >= 15 is 0 Å². The van der Waals surface area contributed by atoms with Crippen LogP contribution in [-0.4, -0.2) is 57.2 Å². The third-order valence-corrected chi connectivity index (χ3v) is 5.40. The van der Waals surface area contributed by atoms with Gasteiger partial charge in [0.2, 0.25) is 0 Å². The van der Waals surface area contributed by atoms with Crippen LogP contribution >= 0.6 is 23.1 Å². The Bertz CT molecular complexity index is 1090. The monoisotopic (exact) mass is 429 g/mol. The molecule has 0 bridgehead atoms. The number of benzene rings is 1. The molecule has 0 atom stereocenters. The summed E-state index contributed by atoms with van der Waals surface area (Å²) < 4.78 is 7.11. The summed E-state index contributed by atoms with van der Waals surface area (Å²) in [5.41, 5.74) is 1.18. The lowest BCUT2D eigenvalue weighted by Crippen LogP contribution is -2.42. The van der Waals surface area contributed by atoms with E-state index in [0.29, 0.717) is 42.6 Å². The molecule has 3 aromatic rings. The van der Waals surface area contributed by atoms with Crippen molar-refractivity contribution >= 4 is 34.9 Å². The Hall–Kier alpha value is -2.88. The molecule has 1 aliphatic heterocycles. The van der Waals surface area contributed by atoms with Crippen LogP contribution in [0.1, 0.15) is 20.8 Å². The Balaban J connectivity index is 1.77. The molecule has 0 aliphatic carbocycles. The van der Waals surface area contributed by atoms with Gasteiger partial charge in [-0.15, -0.1) is 5.10 Å². The molecule has 1 aromatic carbocycles. The first-order valence-corrected chi connectivity index (χ1v) is 9.99. The van der Waals surface area contributed by atoms with Crippen molar-refractivity contribution in [1.29, 1.82) is 0 Å². The largest absolute Gasteiger partial charge is 0.378 e. The van der Waals surface area contributed by atoms with E-state index in [2.05, 4.69) is 15.1 Å². The molecule has 3 heterocycles. The van der Waals surface area contributed by atoms with Crippen LogP contribution in [0.25, 0.3) is 5.69 Å². The highest BCUT2D eigenvalue weighted by molar-refractivity contribution is 7.04. The van der Waals surface area contributed by atoms with Crippen LogP contribution in [-0.2, 0) is 4.74 Å². The summed E-state index contributed by atoms with van der Waals surface area (Å²) in [7, 11) is 0. The maximum Gasteiger partial charge on any atom is 0.280 e. The first-order valence-electron chi connectivity index (χ1n) is 8.84. The van der Waals surface area contributed by atoms with Gasteiger partial charge in [-0.3, -0.25) is 14.6 Å². The van der Waals surface area contributed by atoms with Gasteiger partial charge in [-0.1, -0.05) is 11.6 Å². The summed E-state index contributed by atoms with van der Waals surface area (Å²) in [6.45, 7) is 1.86. The number of amides is 2. The van der Waals surface area contributed by atoms with E-state index in [1.807, 2.05) is 0 Å². The predicted molar refractivity (Wildman–Crippen MR) is 107 cm³/mol. The van der Waals surface area contributed by atoms with E-state index in [1.54, 1.807) is 51.6 Å². The summed E-state index contributed by atoms with van der Waals surface area (Å²) in [4.78, 5) is 35.3. The van der Waals surface area contributed by atoms with E-state index in [4.69, 9.17) is 16.3 Å². The summed E-state index contributed by atoms with van der Waals surface area (Å²) in [6.07, 6.45) is 3.01. The smallest absolute Gasteiger partial charge is 0.280 e. The molecule has 0 N–H and O–H groups in total. The molecule has 1 fully saturated rings. The number of ether oxygens (including phenoxy) is 1. The fourth-order valence-electron chi connectivity index (χ4n) is 2.73. The topological polar surface area (TPSA) is 89.7 Å². The number of carbonyl (C=O) groups is 2. The van der Waals surface area contributed by atoms with Crippen molar-refractivity contribution in [2.24, 2.45) is 4.99 Å². The van der Waals surface area contributed by atoms with Crippen LogP contribution in [0.15, 0.2) is 53.8 Å². The average molecular weight is 430 g/mol. The number of pyridine rings is 1. The Morgan fingerprint density at radius 2 is 1.90 bits per heavy atom. The normalized spacial score (nSPS) is 14.8. The predicted octanol–water partition coefficient (Wildman–Crippen LogP) is 2.20. The summed E-state index contributed by atoms with van der Waals surface area (Å²) in [6, 6.07) is 10.3. The Kier molecular flexibility index (Phi) is 5.79. The van der Waals surface area contributed by atoms with E-state index in [-0.39, 0.29) is 16.3 Å². The SMILES string of the molecule is O=C(N=c1sn(-c2ccc(Cl)cc2)nc1C(=O)N1CCOCC1)c1cccnc1. The average Bonchev–Trinajstić information content (AvgIpc) is 3.18. The van der Waals surface area contributed by atoms with Gasteiger partial charge in [0.15, 0.2) is 10.4 Å². The summed E-state index contributed by atoms with van der Waals surface area (Å²) in [5, 5.41) is 5.02. The zero-order valence-corrected chi connectivity index (χ0v) is 16.8. The standard InChI is InChI=1S/C19H16ClN5O3S/c20-14-3-5-15(6-4-14)25-23-16(19(27)24-8-10-28-11-9-24)18(29-25)22-17(26)13-2-1-7-21-12-13/h1-7,12H,8-11H2. The van der Waals surface area contributed by atoms with Crippen molar-refractivity contribution in [3.05, 3.63) is 69.7 Å². The maximum absolute atomic E-state index is 13.0. The first kappa shape index (κ1) is 19.4. The molecule has 2 aromatic heterocycles. The van der Waals surface area contributed by atoms with Crippen molar-refractivity contribution in [3.8, 4) is 5.69 Å². The number of hydrogen-bond donors (Lipinski definition) is 0. The van der Waals surface area contributed by atoms with Crippen molar-refractivity contribution in [2.45, 2.75) is 0 Å². The lowest BCUT2D eigenvalue weighted by molar-refractivity contribution is 0.0297. The van der Waals surface area contributed by atoms with E-state index in [0.717, 1.165) is 11.5 Å². The lowest BCUT2D eigenvalue weighted by atomic mass is 10.3. The Morgan fingerprint density at radius 3 is 2.59 bits per heavy atom. The van der Waals surface area contributed by atoms with E-state index in [1.165, 1.54) is 6.20 Å². The highest BCUT2D eigenvalue weighted by Crippen LogP contribution is 2.15. The van der Waals surface area contributed by atoms with Crippen LogP contribution in [0.3, 0.4) is 0 Å². The van der Waals surface area contributed by atoms with Crippen molar-refractivity contribution in [2.75, 3.05) is 26.3 Å². The molecule has 0 radical (unpaired) electrons. The van der Waals surface area contributed by atoms with Gasteiger partial charge in [0.05, 0.1) is 24.5 Å². The molecule has 1 aliphatic rings. The molecule has 4 rings (SSSR count). The van der Waals surface area contributed by atoms with E-state index < -0.39 is 5.91 Å². The molecular formula is C19H16ClN5O3S. The number of halogens is 1. The highest BCUT2D eigenvalue weighted by Gasteiger charge is 2.24. The number of morpholine rings is 1. The molecule has 8 nitrogen and oxygen atoms in total. The number of nitrogens with zero attached hydrogens (tertiary/aromatic N) is 5. The van der Waals surface area contributed by atoms with Gasteiger partial charge in [0, 0.05) is 30.5 Å². The van der Waals surface area contributed by atoms with Crippen LogP contribution in [0, 0.1) is 0 Å².